The Hall–Kier alpha value is -1.92. The van der Waals surface area contributed by atoms with E-state index in [9.17, 15) is 9.59 Å². The van der Waals surface area contributed by atoms with Gasteiger partial charge in [-0.1, -0.05) is 13.8 Å². The van der Waals surface area contributed by atoms with Gasteiger partial charge in [0, 0.05) is 38.0 Å². The van der Waals surface area contributed by atoms with E-state index in [0.29, 0.717) is 38.0 Å². The molecule has 23 heavy (non-hydrogen) atoms. The van der Waals surface area contributed by atoms with Gasteiger partial charge in [0.25, 0.3) is 0 Å². The van der Waals surface area contributed by atoms with Gasteiger partial charge in [-0.25, -0.2) is 0 Å². The standard InChI is InChI=1S/C16H23N5O2/c1-10(2)15-18-17-13-9-19(5-6-20(13)15)16(23)11-7-14(22)21(8-11)12-3-4-12/h10-12H,3-9H2,1-2H3. The average molecular weight is 317 g/mol. The lowest BCUT2D eigenvalue weighted by Crippen LogP contribution is -2.42. The third kappa shape index (κ3) is 2.52. The van der Waals surface area contributed by atoms with E-state index in [2.05, 4.69) is 28.6 Å². The van der Waals surface area contributed by atoms with Crippen molar-refractivity contribution >= 4 is 11.8 Å². The van der Waals surface area contributed by atoms with Gasteiger partial charge in [-0.05, 0) is 12.8 Å². The van der Waals surface area contributed by atoms with Crippen molar-refractivity contribution < 1.29 is 9.59 Å². The van der Waals surface area contributed by atoms with Crippen LogP contribution < -0.4 is 0 Å². The van der Waals surface area contributed by atoms with Gasteiger partial charge in [-0.2, -0.15) is 0 Å². The van der Waals surface area contributed by atoms with Crippen molar-refractivity contribution in [3.8, 4) is 0 Å². The van der Waals surface area contributed by atoms with Crippen molar-refractivity contribution in [3.63, 3.8) is 0 Å². The number of likely N-dealkylation sites (tertiary alicyclic amines) is 1. The van der Waals surface area contributed by atoms with Gasteiger partial charge in [-0.15, -0.1) is 10.2 Å². The molecule has 2 amide bonds. The molecule has 4 rings (SSSR count). The summed E-state index contributed by atoms with van der Waals surface area (Å²) >= 11 is 0. The fourth-order valence-corrected chi connectivity index (χ4v) is 3.69. The van der Waals surface area contributed by atoms with E-state index in [1.54, 1.807) is 0 Å². The lowest BCUT2D eigenvalue weighted by Gasteiger charge is -2.30. The van der Waals surface area contributed by atoms with Crippen LogP contribution >= 0.6 is 0 Å². The molecule has 1 aliphatic carbocycles. The van der Waals surface area contributed by atoms with Crippen LogP contribution in [0.25, 0.3) is 0 Å². The second-order valence-electron chi connectivity index (χ2n) is 7.22. The van der Waals surface area contributed by atoms with Crippen LogP contribution in [0.5, 0.6) is 0 Å². The van der Waals surface area contributed by atoms with Crippen LogP contribution in [0.4, 0.5) is 0 Å². The first-order valence-corrected chi connectivity index (χ1v) is 8.55. The smallest absolute Gasteiger partial charge is 0.228 e. The molecule has 1 aromatic heterocycles. The highest BCUT2D eigenvalue weighted by Crippen LogP contribution is 2.33. The summed E-state index contributed by atoms with van der Waals surface area (Å²) in [5.41, 5.74) is 0. The van der Waals surface area contributed by atoms with E-state index < -0.39 is 0 Å². The Labute approximate surface area is 135 Å². The van der Waals surface area contributed by atoms with E-state index in [1.165, 1.54) is 0 Å². The maximum atomic E-state index is 12.8. The molecule has 2 aliphatic heterocycles. The summed E-state index contributed by atoms with van der Waals surface area (Å²) in [6.45, 7) is 6.73. The molecule has 124 valence electrons. The minimum atomic E-state index is -0.179. The van der Waals surface area contributed by atoms with Crippen LogP contribution in [0.3, 0.4) is 0 Å². The summed E-state index contributed by atoms with van der Waals surface area (Å²) in [7, 11) is 0. The Balaban J connectivity index is 1.45. The molecular formula is C16H23N5O2. The Bertz CT molecular complexity index is 649. The number of hydrogen-bond acceptors (Lipinski definition) is 4. The zero-order valence-corrected chi connectivity index (χ0v) is 13.7. The predicted molar refractivity (Wildman–Crippen MR) is 82.4 cm³/mol. The molecule has 0 aromatic carbocycles. The van der Waals surface area contributed by atoms with Crippen molar-refractivity contribution in [1.82, 2.24) is 24.6 Å². The van der Waals surface area contributed by atoms with Crippen molar-refractivity contribution in [2.45, 2.75) is 58.2 Å². The molecule has 1 saturated heterocycles. The molecule has 0 bridgehead atoms. The third-order valence-electron chi connectivity index (χ3n) is 5.11. The monoisotopic (exact) mass is 317 g/mol. The second-order valence-corrected chi connectivity index (χ2v) is 7.22. The highest BCUT2D eigenvalue weighted by atomic mass is 16.2. The molecule has 3 aliphatic rings. The third-order valence-corrected chi connectivity index (χ3v) is 5.11. The normalized spacial score (nSPS) is 24.5. The van der Waals surface area contributed by atoms with Crippen LogP contribution in [0.1, 0.15) is 50.7 Å². The molecule has 2 fully saturated rings. The summed E-state index contributed by atoms with van der Waals surface area (Å²) in [4.78, 5) is 28.6. The minimum absolute atomic E-state index is 0.0989. The molecule has 1 saturated carbocycles. The van der Waals surface area contributed by atoms with Crippen molar-refractivity contribution in [1.29, 1.82) is 0 Å². The van der Waals surface area contributed by atoms with E-state index >= 15 is 0 Å². The molecule has 7 heteroatoms. The summed E-state index contributed by atoms with van der Waals surface area (Å²) in [5, 5.41) is 8.50. The first-order valence-electron chi connectivity index (χ1n) is 8.55. The SMILES string of the molecule is CC(C)c1nnc2n1CCN(C(=O)C1CC(=O)N(C3CC3)C1)C2. The summed E-state index contributed by atoms with van der Waals surface area (Å²) in [6.07, 6.45) is 2.56. The molecule has 1 aromatic rings. The average Bonchev–Trinajstić information content (AvgIpc) is 3.16. The zero-order chi connectivity index (χ0) is 16.1. The topological polar surface area (TPSA) is 71.3 Å². The number of fused-ring (bicyclic) bond motifs is 1. The van der Waals surface area contributed by atoms with Gasteiger partial charge in [-0.3, -0.25) is 9.59 Å². The molecule has 1 unspecified atom stereocenters. The molecule has 3 heterocycles. The Kier molecular flexibility index (Phi) is 3.39. The summed E-state index contributed by atoms with van der Waals surface area (Å²) in [6, 6.07) is 0.401. The highest BCUT2D eigenvalue weighted by Gasteiger charge is 2.43. The number of nitrogens with zero attached hydrogens (tertiary/aromatic N) is 5. The van der Waals surface area contributed by atoms with Crippen LogP contribution in [0, 0.1) is 5.92 Å². The van der Waals surface area contributed by atoms with E-state index in [-0.39, 0.29) is 17.7 Å². The zero-order valence-electron chi connectivity index (χ0n) is 13.7. The van der Waals surface area contributed by atoms with Crippen LogP contribution in [-0.4, -0.2) is 55.5 Å². The number of hydrogen-bond donors (Lipinski definition) is 0. The first-order chi connectivity index (χ1) is 11.0. The van der Waals surface area contributed by atoms with E-state index in [4.69, 9.17) is 0 Å². The van der Waals surface area contributed by atoms with Gasteiger partial charge >= 0.3 is 0 Å². The largest absolute Gasteiger partial charge is 0.339 e. The van der Waals surface area contributed by atoms with Gasteiger partial charge in [0.2, 0.25) is 11.8 Å². The lowest BCUT2D eigenvalue weighted by atomic mass is 10.1. The molecule has 0 radical (unpaired) electrons. The summed E-state index contributed by atoms with van der Waals surface area (Å²) in [5.74, 6) is 2.25. The van der Waals surface area contributed by atoms with Gasteiger partial charge < -0.3 is 14.4 Å². The number of carbonyl (C=O) groups is 2. The Morgan fingerprint density at radius 3 is 2.70 bits per heavy atom. The number of carbonyl (C=O) groups excluding carboxylic acids is 2. The molecule has 0 spiro atoms. The maximum absolute atomic E-state index is 12.8. The van der Waals surface area contributed by atoms with Crippen molar-refractivity contribution in [2.24, 2.45) is 5.92 Å². The second kappa shape index (κ2) is 5.32. The van der Waals surface area contributed by atoms with Gasteiger partial charge in [0.05, 0.1) is 12.5 Å². The van der Waals surface area contributed by atoms with Crippen LogP contribution in [0.2, 0.25) is 0 Å². The number of aromatic nitrogens is 3. The van der Waals surface area contributed by atoms with Gasteiger partial charge in [0.1, 0.15) is 5.82 Å². The van der Waals surface area contributed by atoms with Crippen LogP contribution in [0.15, 0.2) is 0 Å². The first kappa shape index (κ1) is 14.7. The number of amides is 2. The molecule has 0 N–H and O–H groups in total. The maximum Gasteiger partial charge on any atom is 0.228 e. The fraction of sp³-hybridized carbons (Fsp3) is 0.750. The van der Waals surface area contributed by atoms with E-state index in [1.807, 2.05) is 9.80 Å². The highest BCUT2D eigenvalue weighted by molar-refractivity contribution is 5.89. The quantitative estimate of drug-likeness (QED) is 0.825. The van der Waals surface area contributed by atoms with Crippen molar-refractivity contribution in [2.75, 3.05) is 13.1 Å². The summed E-state index contributed by atoms with van der Waals surface area (Å²) < 4.78 is 2.13. The fourth-order valence-electron chi connectivity index (χ4n) is 3.69. The molecule has 1 atom stereocenters. The van der Waals surface area contributed by atoms with Crippen molar-refractivity contribution in [3.05, 3.63) is 11.6 Å². The minimum Gasteiger partial charge on any atom is -0.339 e. The Morgan fingerprint density at radius 1 is 1.22 bits per heavy atom. The van der Waals surface area contributed by atoms with E-state index in [0.717, 1.165) is 31.0 Å². The van der Waals surface area contributed by atoms with Gasteiger partial charge in [0.15, 0.2) is 5.82 Å². The molecular weight excluding hydrogens is 294 g/mol. The van der Waals surface area contributed by atoms with Crippen LogP contribution in [-0.2, 0) is 22.7 Å². The predicted octanol–water partition coefficient (Wildman–Crippen LogP) is 0.755. The lowest BCUT2D eigenvalue weighted by molar-refractivity contribution is -0.137. The number of rotatable bonds is 3. The Morgan fingerprint density at radius 2 is 2.00 bits per heavy atom. The molecule has 7 nitrogen and oxygen atoms in total.